The summed E-state index contributed by atoms with van der Waals surface area (Å²) in [6, 6.07) is 0. The van der Waals surface area contributed by atoms with Crippen molar-refractivity contribution < 1.29 is 5.11 Å². The van der Waals surface area contributed by atoms with E-state index in [9.17, 15) is 5.11 Å². The maximum absolute atomic E-state index is 9.62. The highest BCUT2D eigenvalue weighted by atomic mass is 16.3. The summed E-state index contributed by atoms with van der Waals surface area (Å²) in [6.45, 7) is 9.09. The van der Waals surface area contributed by atoms with E-state index in [4.69, 9.17) is 5.73 Å². The highest BCUT2D eigenvalue weighted by Crippen LogP contribution is 2.27. The first-order valence-electron chi connectivity index (χ1n) is 7.49. The number of nitrogens with one attached hydrogen (secondary N) is 1. The minimum atomic E-state index is -0.100. The lowest BCUT2D eigenvalue weighted by atomic mass is 9.83. The molecule has 20 heavy (non-hydrogen) atoms. The molecule has 0 radical (unpaired) electrons. The second-order valence-electron chi connectivity index (χ2n) is 5.47. The number of aryl methyl sites for hydroxylation is 1. The van der Waals surface area contributed by atoms with Crippen molar-refractivity contribution in [3.05, 3.63) is 11.4 Å². The highest BCUT2D eigenvalue weighted by Gasteiger charge is 2.25. The molecule has 0 saturated heterocycles. The Hall–Kier alpha value is -1.36. The lowest BCUT2D eigenvalue weighted by molar-refractivity contribution is 0.127. The molecule has 0 saturated carbocycles. The second kappa shape index (κ2) is 7.43. The van der Waals surface area contributed by atoms with Crippen molar-refractivity contribution in [2.45, 2.75) is 53.4 Å². The van der Waals surface area contributed by atoms with Gasteiger partial charge in [-0.15, -0.1) is 0 Å². The van der Waals surface area contributed by atoms with Crippen molar-refractivity contribution in [1.82, 2.24) is 9.97 Å². The molecule has 0 fully saturated rings. The van der Waals surface area contributed by atoms with Gasteiger partial charge in [-0.25, -0.2) is 9.97 Å². The molecule has 114 valence electrons. The topological polar surface area (TPSA) is 84.1 Å². The first-order chi connectivity index (χ1) is 9.51. The minimum absolute atomic E-state index is 0.100. The number of aromatic nitrogens is 2. The molecule has 0 unspecified atom stereocenters. The van der Waals surface area contributed by atoms with Crippen LogP contribution in [0.5, 0.6) is 0 Å². The van der Waals surface area contributed by atoms with Gasteiger partial charge in [0.05, 0.1) is 6.61 Å². The minimum Gasteiger partial charge on any atom is -0.396 e. The third kappa shape index (κ3) is 3.82. The van der Waals surface area contributed by atoms with Gasteiger partial charge in [-0.1, -0.05) is 20.8 Å². The molecule has 1 heterocycles. The first kappa shape index (κ1) is 16.7. The van der Waals surface area contributed by atoms with Gasteiger partial charge in [-0.3, -0.25) is 0 Å². The van der Waals surface area contributed by atoms with Crippen LogP contribution in [0.2, 0.25) is 0 Å². The molecule has 0 bridgehead atoms. The van der Waals surface area contributed by atoms with Crippen molar-refractivity contribution in [2.24, 2.45) is 5.41 Å². The van der Waals surface area contributed by atoms with Gasteiger partial charge in [0.2, 0.25) is 0 Å². The van der Waals surface area contributed by atoms with Crippen LogP contribution in [-0.2, 0) is 6.42 Å². The first-order valence-corrected chi connectivity index (χ1v) is 7.49. The molecule has 0 aliphatic heterocycles. The molecule has 1 aromatic rings. The maximum Gasteiger partial charge on any atom is 0.134 e. The second-order valence-corrected chi connectivity index (χ2v) is 5.47. The van der Waals surface area contributed by atoms with Crippen LogP contribution >= 0.6 is 0 Å². The molecule has 0 atom stereocenters. The Labute approximate surface area is 122 Å². The van der Waals surface area contributed by atoms with Crippen LogP contribution in [-0.4, -0.2) is 28.2 Å². The summed E-state index contributed by atoms with van der Waals surface area (Å²) in [6.07, 6.45) is 3.67. The maximum atomic E-state index is 9.62. The lowest BCUT2D eigenvalue weighted by Crippen LogP contribution is -2.32. The number of hydrogen-bond acceptors (Lipinski definition) is 5. The largest absolute Gasteiger partial charge is 0.396 e. The molecule has 0 spiro atoms. The summed E-state index contributed by atoms with van der Waals surface area (Å²) in [5, 5.41) is 13.0. The smallest absolute Gasteiger partial charge is 0.134 e. The summed E-state index contributed by atoms with van der Waals surface area (Å²) in [5.41, 5.74) is 6.73. The lowest BCUT2D eigenvalue weighted by Gasteiger charge is -2.30. The number of aliphatic hydroxyl groups is 1. The Balaban J connectivity index is 2.91. The summed E-state index contributed by atoms with van der Waals surface area (Å²) in [5.74, 6) is 2.11. The third-order valence-electron chi connectivity index (χ3n) is 4.17. The van der Waals surface area contributed by atoms with Crippen molar-refractivity contribution in [3.8, 4) is 0 Å². The van der Waals surface area contributed by atoms with Crippen molar-refractivity contribution in [3.63, 3.8) is 0 Å². The molecule has 1 rings (SSSR count). The molecule has 0 aliphatic rings. The van der Waals surface area contributed by atoms with Gasteiger partial charge >= 0.3 is 0 Å². The summed E-state index contributed by atoms with van der Waals surface area (Å²) in [7, 11) is 0. The number of anilines is 2. The van der Waals surface area contributed by atoms with Gasteiger partial charge in [-0.05, 0) is 26.2 Å². The highest BCUT2D eigenvalue weighted by molar-refractivity contribution is 5.54. The summed E-state index contributed by atoms with van der Waals surface area (Å²) >= 11 is 0. The molecular weight excluding hydrogens is 252 g/mol. The molecule has 5 heteroatoms. The zero-order valence-corrected chi connectivity index (χ0v) is 13.2. The average molecular weight is 280 g/mol. The van der Waals surface area contributed by atoms with Crippen LogP contribution in [0.25, 0.3) is 0 Å². The number of aliphatic hydroxyl groups excluding tert-OH is 1. The Morgan fingerprint density at radius 3 is 2.35 bits per heavy atom. The van der Waals surface area contributed by atoms with E-state index in [1.165, 1.54) is 0 Å². The van der Waals surface area contributed by atoms with E-state index in [0.717, 1.165) is 42.9 Å². The quantitative estimate of drug-likeness (QED) is 0.681. The van der Waals surface area contributed by atoms with E-state index in [1.807, 2.05) is 6.92 Å². The zero-order valence-electron chi connectivity index (χ0n) is 13.2. The fraction of sp³-hybridized carbons (Fsp3) is 0.733. The van der Waals surface area contributed by atoms with E-state index in [1.54, 1.807) is 0 Å². The SMILES string of the molecule is CCCc1nc(N)c(C)c(NCC(CC)(CC)CO)n1. The van der Waals surface area contributed by atoms with Crippen LogP contribution in [0.3, 0.4) is 0 Å². The van der Waals surface area contributed by atoms with Gasteiger partial charge < -0.3 is 16.2 Å². The fourth-order valence-corrected chi connectivity index (χ4v) is 2.14. The predicted octanol–water partition coefficient (Wildman–Crippen LogP) is 2.53. The summed E-state index contributed by atoms with van der Waals surface area (Å²) in [4.78, 5) is 8.85. The van der Waals surface area contributed by atoms with E-state index in [0.29, 0.717) is 12.4 Å². The van der Waals surface area contributed by atoms with E-state index < -0.39 is 0 Å². The number of rotatable bonds is 8. The number of nitrogens with zero attached hydrogens (tertiary/aromatic N) is 2. The average Bonchev–Trinajstić information content (AvgIpc) is 2.46. The fourth-order valence-electron chi connectivity index (χ4n) is 2.14. The van der Waals surface area contributed by atoms with Gasteiger partial charge in [0.1, 0.15) is 17.5 Å². The van der Waals surface area contributed by atoms with E-state index >= 15 is 0 Å². The number of nitrogens with two attached hydrogens (primary N) is 1. The molecule has 0 amide bonds. The monoisotopic (exact) mass is 280 g/mol. The Bertz CT molecular complexity index is 422. The molecule has 1 aromatic heterocycles. The Kier molecular flexibility index (Phi) is 6.20. The van der Waals surface area contributed by atoms with Crippen LogP contribution in [0, 0.1) is 12.3 Å². The standard InChI is InChI=1S/C15H28N4O/c1-5-8-12-18-13(16)11(4)14(19-12)17-9-15(6-2,7-3)10-20/h20H,5-10H2,1-4H3,(H3,16,17,18,19). The van der Waals surface area contributed by atoms with Gasteiger partial charge in [-0.2, -0.15) is 0 Å². The van der Waals surface area contributed by atoms with Crippen molar-refractivity contribution in [2.75, 3.05) is 24.2 Å². The molecule has 0 aliphatic carbocycles. The van der Waals surface area contributed by atoms with Crippen LogP contribution in [0.15, 0.2) is 0 Å². The van der Waals surface area contributed by atoms with Crippen LogP contribution in [0.4, 0.5) is 11.6 Å². The third-order valence-corrected chi connectivity index (χ3v) is 4.17. The molecule has 4 N–H and O–H groups in total. The molecular formula is C15H28N4O. The number of hydrogen-bond donors (Lipinski definition) is 3. The van der Waals surface area contributed by atoms with Crippen LogP contribution < -0.4 is 11.1 Å². The van der Waals surface area contributed by atoms with Gasteiger partial charge in [0, 0.05) is 23.9 Å². The van der Waals surface area contributed by atoms with E-state index in [-0.39, 0.29) is 12.0 Å². The van der Waals surface area contributed by atoms with Crippen molar-refractivity contribution >= 4 is 11.6 Å². The molecule has 5 nitrogen and oxygen atoms in total. The summed E-state index contributed by atoms with van der Waals surface area (Å²) < 4.78 is 0. The Morgan fingerprint density at radius 1 is 1.20 bits per heavy atom. The number of nitrogen functional groups attached to an aromatic ring is 1. The Morgan fingerprint density at radius 2 is 1.85 bits per heavy atom. The predicted molar refractivity (Wildman–Crippen MR) is 83.8 cm³/mol. The van der Waals surface area contributed by atoms with Crippen LogP contribution in [0.1, 0.15) is 51.4 Å². The molecule has 0 aromatic carbocycles. The van der Waals surface area contributed by atoms with Gasteiger partial charge in [0.25, 0.3) is 0 Å². The van der Waals surface area contributed by atoms with Gasteiger partial charge in [0.15, 0.2) is 0 Å². The normalized spacial score (nSPS) is 11.7. The zero-order chi connectivity index (χ0) is 15.2. The van der Waals surface area contributed by atoms with E-state index in [2.05, 4.69) is 36.1 Å². The van der Waals surface area contributed by atoms with Crippen molar-refractivity contribution in [1.29, 1.82) is 0 Å².